The SMILES string of the molecule is [2H]C1([2H])C=C(C(=O)OCC)[C@H](S(=O)(=O)Nc2ccc(F)cc2Cl)C([2H])([2H])C1. The van der Waals surface area contributed by atoms with Crippen LogP contribution in [0.15, 0.2) is 29.8 Å². The molecule has 5 nitrogen and oxygen atoms in total. The zero-order valence-corrected chi connectivity index (χ0v) is 13.7. The van der Waals surface area contributed by atoms with Crippen LogP contribution < -0.4 is 4.72 Å². The summed E-state index contributed by atoms with van der Waals surface area (Å²) in [5, 5.41) is -2.30. The van der Waals surface area contributed by atoms with Gasteiger partial charge in [0, 0.05) is 5.48 Å². The van der Waals surface area contributed by atoms with Gasteiger partial charge in [0.15, 0.2) is 0 Å². The lowest BCUT2D eigenvalue weighted by Crippen LogP contribution is -2.34. The average molecular weight is 366 g/mol. The van der Waals surface area contributed by atoms with Crippen molar-refractivity contribution in [3.63, 3.8) is 0 Å². The predicted molar refractivity (Wildman–Crippen MR) is 86.3 cm³/mol. The minimum atomic E-state index is -4.61. The molecule has 0 saturated carbocycles. The summed E-state index contributed by atoms with van der Waals surface area (Å²) in [5.74, 6) is -1.83. The summed E-state index contributed by atoms with van der Waals surface area (Å²) in [5.41, 5.74) is -0.852. The molecule has 1 aromatic carbocycles. The second-order valence-corrected chi connectivity index (χ2v) is 6.73. The maximum atomic E-state index is 13.2. The molecule has 0 amide bonds. The molecule has 1 aromatic rings. The summed E-state index contributed by atoms with van der Waals surface area (Å²) in [7, 11) is -4.61. The fraction of sp³-hybridized carbons (Fsp3) is 0.400. The number of carbonyl (C=O) groups excluding carboxylic acids is 1. The fourth-order valence-corrected chi connectivity index (χ4v) is 3.61. The van der Waals surface area contributed by atoms with E-state index in [1.807, 2.05) is 0 Å². The Morgan fingerprint density at radius 3 is 2.96 bits per heavy atom. The molecule has 0 heterocycles. The fourth-order valence-electron chi connectivity index (χ4n) is 1.94. The zero-order valence-electron chi connectivity index (χ0n) is 16.1. The lowest BCUT2D eigenvalue weighted by Gasteiger charge is -2.24. The van der Waals surface area contributed by atoms with Gasteiger partial charge in [-0.05, 0) is 44.3 Å². The summed E-state index contributed by atoms with van der Waals surface area (Å²) in [6.07, 6.45) is -4.89. The molecule has 2 rings (SSSR count). The Morgan fingerprint density at radius 1 is 1.57 bits per heavy atom. The number of allylic oxidation sites excluding steroid dienone is 1. The summed E-state index contributed by atoms with van der Waals surface area (Å²) in [6.45, 7) is 1.37. The molecule has 8 heteroatoms. The highest BCUT2D eigenvalue weighted by Gasteiger charge is 2.35. The van der Waals surface area contributed by atoms with E-state index in [1.165, 1.54) is 6.92 Å². The Bertz CT molecular complexity index is 892. The molecule has 1 aliphatic rings. The Hall–Kier alpha value is -1.60. The van der Waals surface area contributed by atoms with E-state index in [1.54, 1.807) is 0 Å². The first-order valence-corrected chi connectivity index (χ1v) is 8.58. The molecule has 1 atom stereocenters. The van der Waals surface area contributed by atoms with Crippen LogP contribution >= 0.6 is 11.6 Å². The third kappa shape index (κ3) is 4.23. The molecule has 0 aromatic heterocycles. The van der Waals surface area contributed by atoms with Gasteiger partial charge in [-0.15, -0.1) is 0 Å². The van der Waals surface area contributed by atoms with Crippen LogP contribution in [-0.4, -0.2) is 26.2 Å². The Kier molecular flexibility index (Phi) is 4.06. The number of benzene rings is 1. The van der Waals surface area contributed by atoms with Gasteiger partial charge in [-0.1, -0.05) is 17.7 Å². The molecule has 0 saturated heterocycles. The number of rotatable bonds is 5. The van der Waals surface area contributed by atoms with E-state index in [0.29, 0.717) is 0 Å². The van der Waals surface area contributed by atoms with E-state index in [-0.39, 0.29) is 17.3 Å². The normalized spacial score (nSPS) is 25.2. The number of nitrogens with one attached hydrogen (secondary N) is 1. The molecule has 1 aliphatic carbocycles. The number of anilines is 1. The minimum absolute atomic E-state index is 0.105. The van der Waals surface area contributed by atoms with E-state index >= 15 is 0 Å². The molecule has 0 aliphatic heterocycles. The largest absolute Gasteiger partial charge is 0.463 e. The Labute approximate surface area is 145 Å². The summed E-state index contributed by atoms with van der Waals surface area (Å²) < 4.78 is 77.4. The van der Waals surface area contributed by atoms with E-state index in [0.717, 1.165) is 24.3 Å². The number of hydrogen-bond acceptors (Lipinski definition) is 4. The van der Waals surface area contributed by atoms with Crippen LogP contribution in [0.5, 0.6) is 0 Å². The molecule has 0 unspecified atom stereocenters. The molecule has 1 N–H and O–H groups in total. The summed E-state index contributed by atoms with van der Waals surface area (Å²) in [6, 6.07) is 2.89. The van der Waals surface area contributed by atoms with Crippen LogP contribution in [0, 0.1) is 5.82 Å². The number of halogens is 2. The monoisotopic (exact) mass is 365 g/mol. The number of sulfonamides is 1. The van der Waals surface area contributed by atoms with Crippen molar-refractivity contribution in [2.24, 2.45) is 0 Å². The van der Waals surface area contributed by atoms with E-state index in [4.69, 9.17) is 21.8 Å². The Balaban J connectivity index is 2.54. The van der Waals surface area contributed by atoms with Gasteiger partial charge in [0.2, 0.25) is 10.0 Å². The highest BCUT2D eigenvalue weighted by atomic mass is 35.5. The van der Waals surface area contributed by atoms with E-state index < -0.39 is 51.8 Å². The van der Waals surface area contributed by atoms with Crippen molar-refractivity contribution < 1.29 is 27.8 Å². The maximum absolute atomic E-state index is 13.2. The van der Waals surface area contributed by atoms with Crippen molar-refractivity contribution in [3.05, 3.63) is 40.7 Å². The molecule has 0 spiro atoms. The summed E-state index contributed by atoms with van der Waals surface area (Å²) >= 11 is 5.81. The lowest BCUT2D eigenvalue weighted by atomic mass is 9.99. The molecule has 23 heavy (non-hydrogen) atoms. The number of esters is 1. The van der Waals surface area contributed by atoms with Crippen LogP contribution in [-0.2, 0) is 19.6 Å². The van der Waals surface area contributed by atoms with E-state index in [9.17, 15) is 17.6 Å². The molecular formula is C15H17ClFNO4S. The zero-order chi connectivity index (χ0) is 20.6. The van der Waals surface area contributed by atoms with Gasteiger partial charge < -0.3 is 4.74 Å². The first kappa shape index (κ1) is 12.8. The van der Waals surface area contributed by atoms with Crippen molar-refractivity contribution in [1.82, 2.24) is 0 Å². The van der Waals surface area contributed by atoms with Crippen LogP contribution in [0.3, 0.4) is 0 Å². The van der Waals surface area contributed by atoms with Gasteiger partial charge in [0.05, 0.1) is 22.9 Å². The molecular weight excluding hydrogens is 345 g/mol. The first-order chi connectivity index (χ1) is 12.3. The smallest absolute Gasteiger partial charge is 0.335 e. The van der Waals surface area contributed by atoms with Crippen LogP contribution in [0.2, 0.25) is 5.02 Å². The summed E-state index contributed by atoms with van der Waals surface area (Å²) in [4.78, 5) is 12.2. The quantitative estimate of drug-likeness (QED) is 0.813. The third-order valence-electron chi connectivity index (χ3n) is 2.93. The second-order valence-electron chi connectivity index (χ2n) is 4.56. The lowest BCUT2D eigenvalue weighted by molar-refractivity contribution is -0.138. The molecule has 0 bridgehead atoms. The van der Waals surface area contributed by atoms with Gasteiger partial charge in [0.25, 0.3) is 0 Å². The Morgan fingerprint density at radius 2 is 2.30 bits per heavy atom. The molecule has 0 radical (unpaired) electrons. The highest BCUT2D eigenvalue weighted by molar-refractivity contribution is 7.93. The standard InChI is InChI=1S/C15H17ClFNO4S/c1-2-22-15(19)11-5-3-4-6-14(11)23(20,21)18-13-8-7-10(17)9-12(13)16/h5,7-9,14,18H,2-4,6H2,1H3/t14-/m1/s1/i3D2,6D2. The van der Waals surface area contributed by atoms with Gasteiger partial charge >= 0.3 is 5.97 Å². The first-order valence-electron chi connectivity index (χ1n) is 8.65. The topological polar surface area (TPSA) is 72.5 Å². The number of carbonyl (C=O) groups is 1. The van der Waals surface area contributed by atoms with Crippen molar-refractivity contribution in [2.45, 2.75) is 31.3 Å². The highest BCUT2D eigenvalue weighted by Crippen LogP contribution is 2.30. The number of ether oxygens (including phenoxy) is 1. The average Bonchev–Trinajstić information content (AvgIpc) is 2.47. The van der Waals surface area contributed by atoms with Gasteiger partial charge in [-0.2, -0.15) is 0 Å². The van der Waals surface area contributed by atoms with E-state index in [2.05, 4.69) is 4.72 Å². The molecule has 126 valence electrons. The number of hydrogen-bond donors (Lipinski definition) is 1. The van der Waals surface area contributed by atoms with Crippen LogP contribution in [0.4, 0.5) is 10.1 Å². The van der Waals surface area contributed by atoms with Crippen molar-refractivity contribution in [3.8, 4) is 0 Å². The van der Waals surface area contributed by atoms with Crippen molar-refractivity contribution in [1.29, 1.82) is 0 Å². The predicted octanol–water partition coefficient (Wildman–Crippen LogP) is 3.26. The van der Waals surface area contributed by atoms with Crippen LogP contribution in [0.1, 0.15) is 31.6 Å². The van der Waals surface area contributed by atoms with Crippen LogP contribution in [0.25, 0.3) is 0 Å². The second kappa shape index (κ2) is 7.31. The van der Waals surface area contributed by atoms with Crippen molar-refractivity contribution >= 4 is 33.3 Å². The van der Waals surface area contributed by atoms with Gasteiger partial charge in [-0.3, -0.25) is 4.72 Å². The minimum Gasteiger partial charge on any atom is -0.463 e. The van der Waals surface area contributed by atoms with Crippen molar-refractivity contribution in [2.75, 3.05) is 11.3 Å². The maximum Gasteiger partial charge on any atom is 0.335 e. The molecule has 0 fully saturated rings. The third-order valence-corrected chi connectivity index (χ3v) is 4.79. The van der Waals surface area contributed by atoms with Gasteiger partial charge in [-0.25, -0.2) is 17.6 Å². The van der Waals surface area contributed by atoms with Gasteiger partial charge in [0.1, 0.15) is 11.1 Å².